The van der Waals surface area contributed by atoms with E-state index in [0.717, 1.165) is 16.8 Å². The molecular weight excluding hydrogens is 528 g/mol. The molecule has 8 nitrogen and oxygen atoms in total. The van der Waals surface area contributed by atoms with Crippen molar-refractivity contribution in [1.29, 1.82) is 0 Å². The third-order valence-corrected chi connectivity index (χ3v) is 8.33. The Morgan fingerprint density at radius 2 is 2.00 bits per heavy atom. The number of aliphatic hydroxyl groups is 1. The van der Waals surface area contributed by atoms with E-state index < -0.39 is 35.6 Å². The maximum absolute atomic E-state index is 14.4. The molecule has 0 aliphatic carbocycles. The van der Waals surface area contributed by atoms with Crippen molar-refractivity contribution in [2.24, 2.45) is 11.8 Å². The molecule has 36 heavy (non-hydrogen) atoms. The number of halogens is 1. The first kappa shape index (κ1) is 26.6. The molecule has 3 heterocycles. The van der Waals surface area contributed by atoms with Gasteiger partial charge >= 0.3 is 5.97 Å². The van der Waals surface area contributed by atoms with Crippen LogP contribution in [0.15, 0.2) is 43.5 Å². The number of nitrogens with zero attached hydrogens (tertiary/aromatic N) is 2. The van der Waals surface area contributed by atoms with E-state index in [0.29, 0.717) is 12.8 Å². The zero-order chi connectivity index (χ0) is 26.2. The molecular formula is C27H33BrN2O6. The van der Waals surface area contributed by atoms with E-state index in [4.69, 9.17) is 9.47 Å². The standard InChI is InChI=1S/C27H33BrN2O6/c1-5-11-29(21-16(3)9-7-10-17(21)4)25(33)23-27-15-18(28)22(36-27)19(26(34)35-14-6-2)20(27)24(32)30(23)12-8-13-31/h5-7,9-10,18-20,22-23,31H,1-2,8,11-15H2,3-4H3/t18?,19-,20-,22-,23?,27?/m0/s1. The Labute approximate surface area is 220 Å². The largest absolute Gasteiger partial charge is 0.461 e. The van der Waals surface area contributed by atoms with Crippen molar-refractivity contribution in [2.75, 3.05) is 31.2 Å². The lowest BCUT2D eigenvalue weighted by molar-refractivity contribution is -0.153. The van der Waals surface area contributed by atoms with Crippen LogP contribution in [0.4, 0.5) is 5.69 Å². The highest BCUT2D eigenvalue weighted by Gasteiger charge is 2.77. The van der Waals surface area contributed by atoms with Crippen molar-refractivity contribution >= 4 is 39.4 Å². The number of esters is 1. The summed E-state index contributed by atoms with van der Waals surface area (Å²) in [6.45, 7) is 11.6. The Morgan fingerprint density at radius 3 is 2.61 bits per heavy atom. The molecule has 3 saturated heterocycles. The van der Waals surface area contributed by atoms with Gasteiger partial charge in [-0.1, -0.05) is 52.9 Å². The number of carbonyl (C=O) groups excluding carboxylic acids is 3. The molecule has 6 atom stereocenters. The van der Waals surface area contributed by atoms with E-state index in [-0.39, 0.29) is 42.9 Å². The topological polar surface area (TPSA) is 96.4 Å². The Balaban J connectivity index is 1.81. The summed E-state index contributed by atoms with van der Waals surface area (Å²) < 4.78 is 11.8. The second kappa shape index (κ2) is 10.5. The van der Waals surface area contributed by atoms with E-state index >= 15 is 0 Å². The molecule has 0 radical (unpaired) electrons. The van der Waals surface area contributed by atoms with Crippen LogP contribution in [-0.4, -0.2) is 76.7 Å². The molecule has 2 amide bonds. The van der Waals surface area contributed by atoms with Gasteiger partial charge in [0.05, 0.1) is 17.9 Å². The second-order valence-corrected chi connectivity index (χ2v) is 10.8. The smallest absolute Gasteiger partial charge is 0.312 e. The Morgan fingerprint density at radius 1 is 1.31 bits per heavy atom. The monoisotopic (exact) mass is 560 g/mol. The summed E-state index contributed by atoms with van der Waals surface area (Å²) in [5.41, 5.74) is 1.43. The zero-order valence-electron chi connectivity index (χ0n) is 20.7. The van der Waals surface area contributed by atoms with Gasteiger partial charge in [0, 0.05) is 30.2 Å². The number of amides is 2. The van der Waals surface area contributed by atoms with Gasteiger partial charge in [0.15, 0.2) is 0 Å². The lowest BCUT2D eigenvalue weighted by atomic mass is 9.70. The van der Waals surface area contributed by atoms with Crippen molar-refractivity contribution in [3.63, 3.8) is 0 Å². The van der Waals surface area contributed by atoms with Gasteiger partial charge in [-0.25, -0.2) is 0 Å². The van der Waals surface area contributed by atoms with Crippen molar-refractivity contribution in [3.05, 3.63) is 54.6 Å². The molecule has 3 aliphatic heterocycles. The summed E-state index contributed by atoms with van der Waals surface area (Å²) in [7, 11) is 0. The predicted molar refractivity (Wildman–Crippen MR) is 139 cm³/mol. The van der Waals surface area contributed by atoms with Gasteiger partial charge in [-0.15, -0.1) is 6.58 Å². The summed E-state index contributed by atoms with van der Waals surface area (Å²) >= 11 is 3.64. The third-order valence-electron chi connectivity index (χ3n) is 7.48. The van der Waals surface area contributed by atoms with Crippen molar-refractivity contribution in [3.8, 4) is 0 Å². The lowest BCUT2D eigenvalue weighted by Gasteiger charge is -2.37. The van der Waals surface area contributed by atoms with Crippen LogP contribution in [0.25, 0.3) is 0 Å². The summed E-state index contributed by atoms with van der Waals surface area (Å²) in [5, 5.41) is 9.53. The van der Waals surface area contributed by atoms with E-state index in [1.54, 1.807) is 11.0 Å². The zero-order valence-corrected chi connectivity index (χ0v) is 22.3. The first-order valence-corrected chi connectivity index (χ1v) is 13.1. The molecule has 1 aromatic carbocycles. The molecule has 0 saturated carbocycles. The van der Waals surface area contributed by atoms with Crippen LogP contribution in [0.1, 0.15) is 24.0 Å². The van der Waals surface area contributed by atoms with Gasteiger partial charge in [0.1, 0.15) is 18.2 Å². The highest BCUT2D eigenvalue weighted by molar-refractivity contribution is 9.09. The molecule has 1 spiro atoms. The van der Waals surface area contributed by atoms with E-state index in [1.165, 1.54) is 11.0 Å². The van der Waals surface area contributed by atoms with Crippen molar-refractivity contribution < 1.29 is 29.0 Å². The Hall–Kier alpha value is -2.49. The van der Waals surface area contributed by atoms with Crippen LogP contribution in [0.3, 0.4) is 0 Å². The number of para-hydroxylation sites is 1. The molecule has 9 heteroatoms. The number of hydrogen-bond acceptors (Lipinski definition) is 6. The molecule has 1 aromatic rings. The van der Waals surface area contributed by atoms with Gasteiger partial charge in [0.2, 0.25) is 5.91 Å². The molecule has 4 rings (SSSR count). The fraction of sp³-hybridized carbons (Fsp3) is 0.519. The van der Waals surface area contributed by atoms with Crippen LogP contribution in [0.5, 0.6) is 0 Å². The van der Waals surface area contributed by atoms with Crippen LogP contribution in [0.2, 0.25) is 0 Å². The number of aliphatic hydroxyl groups excluding tert-OH is 1. The van der Waals surface area contributed by atoms with Gasteiger partial charge < -0.3 is 24.4 Å². The Kier molecular flexibility index (Phi) is 7.73. The lowest BCUT2D eigenvalue weighted by Crippen LogP contribution is -2.57. The average molecular weight is 561 g/mol. The SMILES string of the molecule is C=CCOC(=O)[C@H]1[C@H]2C(=O)N(CCCO)C(C(=O)N(CC=C)c3c(C)cccc3C)C23CC(Br)[C@@H]1O3. The van der Waals surface area contributed by atoms with Crippen LogP contribution >= 0.6 is 15.9 Å². The molecule has 3 unspecified atom stereocenters. The van der Waals surface area contributed by atoms with Gasteiger partial charge in [0.25, 0.3) is 5.91 Å². The first-order chi connectivity index (χ1) is 17.2. The maximum atomic E-state index is 14.4. The minimum Gasteiger partial charge on any atom is -0.461 e. The number of benzene rings is 1. The number of fused-ring (bicyclic) bond motifs is 1. The number of rotatable bonds is 10. The quantitative estimate of drug-likeness (QED) is 0.268. The summed E-state index contributed by atoms with van der Waals surface area (Å²) in [5.74, 6) is -2.81. The fourth-order valence-corrected chi connectivity index (χ4v) is 7.14. The predicted octanol–water partition coefficient (Wildman–Crippen LogP) is 2.68. The minimum absolute atomic E-state index is 0.0270. The minimum atomic E-state index is -1.18. The number of ether oxygens (including phenoxy) is 2. The highest BCUT2D eigenvalue weighted by atomic mass is 79.9. The molecule has 0 aromatic heterocycles. The first-order valence-electron chi connectivity index (χ1n) is 12.2. The number of anilines is 1. The molecule has 2 bridgehead atoms. The summed E-state index contributed by atoms with van der Waals surface area (Å²) in [6.07, 6.45) is 3.25. The molecule has 194 valence electrons. The normalized spacial score (nSPS) is 30.3. The number of carbonyl (C=O) groups is 3. The number of alkyl halides is 1. The van der Waals surface area contributed by atoms with E-state index in [2.05, 4.69) is 29.1 Å². The van der Waals surface area contributed by atoms with Gasteiger partial charge in [-0.2, -0.15) is 0 Å². The highest BCUT2D eigenvalue weighted by Crippen LogP contribution is 2.60. The van der Waals surface area contributed by atoms with Crippen molar-refractivity contribution in [2.45, 2.75) is 49.3 Å². The van der Waals surface area contributed by atoms with Crippen LogP contribution in [-0.2, 0) is 23.9 Å². The summed E-state index contributed by atoms with van der Waals surface area (Å²) in [4.78, 5) is 44.3. The fourth-order valence-electron chi connectivity index (χ4n) is 6.20. The number of likely N-dealkylation sites (tertiary alicyclic amines) is 1. The molecule has 3 fully saturated rings. The average Bonchev–Trinajstić information content (AvgIpc) is 3.43. The Bertz CT molecular complexity index is 1060. The van der Waals surface area contributed by atoms with Gasteiger partial charge in [-0.3, -0.25) is 14.4 Å². The van der Waals surface area contributed by atoms with Crippen LogP contribution in [0, 0.1) is 25.7 Å². The van der Waals surface area contributed by atoms with Crippen LogP contribution < -0.4 is 4.90 Å². The van der Waals surface area contributed by atoms with E-state index in [1.807, 2.05) is 32.0 Å². The molecule has 3 aliphatic rings. The molecule has 1 N–H and O–H groups in total. The third kappa shape index (κ3) is 4.11. The number of hydrogen-bond donors (Lipinski definition) is 1. The second-order valence-electron chi connectivity index (χ2n) is 9.67. The van der Waals surface area contributed by atoms with Gasteiger partial charge in [-0.05, 0) is 37.8 Å². The van der Waals surface area contributed by atoms with E-state index in [9.17, 15) is 19.5 Å². The maximum Gasteiger partial charge on any atom is 0.312 e. The summed E-state index contributed by atoms with van der Waals surface area (Å²) in [6, 6.07) is 4.85. The number of aryl methyl sites for hydroxylation is 2. The van der Waals surface area contributed by atoms with Crippen molar-refractivity contribution in [1.82, 2.24) is 4.90 Å².